The number of hydrogen-bond donors (Lipinski definition) is 2. The molecule has 0 saturated heterocycles. The van der Waals surface area contributed by atoms with Crippen molar-refractivity contribution in [2.75, 3.05) is 6.54 Å². The van der Waals surface area contributed by atoms with Crippen LogP contribution in [0.3, 0.4) is 0 Å². The van der Waals surface area contributed by atoms with Gasteiger partial charge in [-0.25, -0.2) is 4.98 Å². The van der Waals surface area contributed by atoms with Gasteiger partial charge < -0.3 is 10.3 Å². The number of nitrogens with one attached hydrogen (secondary N) is 2. The second-order valence-electron chi connectivity index (χ2n) is 5.68. The lowest BCUT2D eigenvalue weighted by Gasteiger charge is -2.15. The van der Waals surface area contributed by atoms with E-state index >= 15 is 0 Å². The lowest BCUT2D eigenvalue weighted by molar-refractivity contribution is 0.678. The first-order chi connectivity index (χ1) is 9.79. The number of thiophene rings is 1. The monoisotopic (exact) mass is 287 g/mol. The summed E-state index contributed by atoms with van der Waals surface area (Å²) >= 11 is 1.76. The van der Waals surface area contributed by atoms with E-state index in [1.807, 2.05) is 0 Å². The fraction of sp³-hybridized carbons (Fsp3) is 0.467. The van der Waals surface area contributed by atoms with Gasteiger partial charge in [-0.3, -0.25) is 4.79 Å². The van der Waals surface area contributed by atoms with Crippen molar-refractivity contribution < 1.29 is 0 Å². The number of nitrogens with zero attached hydrogens (tertiary/aromatic N) is 1. The molecule has 1 aliphatic carbocycles. The van der Waals surface area contributed by atoms with Crippen molar-refractivity contribution in [3.05, 3.63) is 49.8 Å². The van der Waals surface area contributed by atoms with Crippen molar-refractivity contribution in [2.45, 2.75) is 37.6 Å². The maximum absolute atomic E-state index is 12.3. The van der Waals surface area contributed by atoms with Crippen LogP contribution < -0.4 is 10.9 Å². The third kappa shape index (κ3) is 1.84. The first-order valence-corrected chi connectivity index (χ1v) is 8.05. The van der Waals surface area contributed by atoms with Crippen LogP contribution in [0.4, 0.5) is 0 Å². The molecule has 2 aliphatic rings. The Kier molecular flexibility index (Phi) is 2.79. The predicted molar refractivity (Wildman–Crippen MR) is 79.2 cm³/mol. The lowest BCUT2D eigenvalue weighted by atomic mass is 10.0. The molecule has 4 nitrogen and oxygen atoms in total. The number of aromatic amines is 1. The molecular weight excluding hydrogens is 270 g/mol. The van der Waals surface area contributed by atoms with Crippen LogP contribution in [-0.2, 0) is 18.4 Å². The van der Waals surface area contributed by atoms with Crippen LogP contribution in [0.2, 0.25) is 0 Å². The van der Waals surface area contributed by atoms with Crippen LogP contribution >= 0.6 is 11.3 Å². The van der Waals surface area contributed by atoms with Crippen molar-refractivity contribution in [1.82, 2.24) is 15.3 Å². The van der Waals surface area contributed by atoms with Gasteiger partial charge in [0.05, 0.1) is 16.7 Å². The van der Waals surface area contributed by atoms with Crippen molar-refractivity contribution in [3.8, 4) is 0 Å². The van der Waals surface area contributed by atoms with Gasteiger partial charge in [-0.1, -0.05) is 6.07 Å². The van der Waals surface area contributed by atoms with E-state index in [1.54, 1.807) is 11.3 Å². The zero-order chi connectivity index (χ0) is 13.6. The summed E-state index contributed by atoms with van der Waals surface area (Å²) in [7, 11) is 0. The number of fused-ring (bicyclic) bond motifs is 1. The number of aryl methyl sites for hydroxylation is 1. The average molecular weight is 287 g/mol. The van der Waals surface area contributed by atoms with Crippen LogP contribution in [0.15, 0.2) is 22.3 Å². The number of hydrogen-bond acceptors (Lipinski definition) is 4. The van der Waals surface area contributed by atoms with E-state index in [-0.39, 0.29) is 11.0 Å². The second-order valence-corrected chi connectivity index (χ2v) is 6.63. The molecule has 1 saturated carbocycles. The standard InChI is InChI=1S/C15H17N3OS/c19-13-10-9-16-7-1-3-11(10)17-14(18-13)15(5-6-15)12-4-2-8-20-12/h2,4,8,16H,1,3,5-7,9H2,(H,17,18,19). The van der Waals surface area contributed by atoms with Gasteiger partial charge in [-0.15, -0.1) is 11.3 Å². The Balaban J connectivity index is 1.82. The van der Waals surface area contributed by atoms with Gasteiger partial charge in [-0.05, 0) is 43.7 Å². The molecule has 0 spiro atoms. The van der Waals surface area contributed by atoms with E-state index in [9.17, 15) is 4.79 Å². The summed E-state index contributed by atoms with van der Waals surface area (Å²) in [6.45, 7) is 1.60. The predicted octanol–water partition coefficient (Wildman–Crippen LogP) is 1.95. The third-order valence-corrected chi connectivity index (χ3v) is 5.44. The summed E-state index contributed by atoms with van der Waals surface area (Å²) in [5, 5.41) is 5.39. The van der Waals surface area contributed by atoms with E-state index in [2.05, 4.69) is 27.8 Å². The fourth-order valence-electron chi connectivity index (χ4n) is 3.03. The third-order valence-electron chi connectivity index (χ3n) is 4.37. The van der Waals surface area contributed by atoms with Gasteiger partial charge in [0.2, 0.25) is 0 Å². The maximum atomic E-state index is 12.3. The van der Waals surface area contributed by atoms with Crippen LogP contribution in [-0.4, -0.2) is 16.5 Å². The minimum absolute atomic E-state index is 0.0118. The van der Waals surface area contributed by atoms with E-state index in [0.717, 1.165) is 49.3 Å². The largest absolute Gasteiger partial charge is 0.312 e. The quantitative estimate of drug-likeness (QED) is 0.887. The molecule has 2 N–H and O–H groups in total. The minimum atomic E-state index is -0.0118. The van der Waals surface area contributed by atoms with E-state index in [0.29, 0.717) is 6.54 Å². The number of rotatable bonds is 2. The average Bonchev–Trinajstić information content (AvgIpc) is 3.15. The minimum Gasteiger partial charge on any atom is -0.312 e. The van der Waals surface area contributed by atoms with E-state index < -0.39 is 0 Å². The van der Waals surface area contributed by atoms with E-state index in [4.69, 9.17) is 4.98 Å². The van der Waals surface area contributed by atoms with Crippen molar-refractivity contribution in [2.24, 2.45) is 0 Å². The van der Waals surface area contributed by atoms with Crippen molar-refractivity contribution in [3.63, 3.8) is 0 Å². The van der Waals surface area contributed by atoms with Crippen LogP contribution in [0, 0.1) is 0 Å². The molecule has 2 aromatic rings. The van der Waals surface area contributed by atoms with Gasteiger partial charge in [0.15, 0.2) is 0 Å². The maximum Gasteiger partial charge on any atom is 0.255 e. The highest BCUT2D eigenvalue weighted by Gasteiger charge is 2.49. The van der Waals surface area contributed by atoms with Crippen molar-refractivity contribution in [1.29, 1.82) is 0 Å². The summed E-state index contributed by atoms with van der Waals surface area (Å²) < 4.78 is 0. The first kappa shape index (κ1) is 12.3. The molecule has 0 bridgehead atoms. The highest BCUT2D eigenvalue weighted by molar-refractivity contribution is 7.10. The summed E-state index contributed by atoms with van der Waals surface area (Å²) in [5.74, 6) is 0.880. The molecule has 0 atom stereocenters. The highest BCUT2D eigenvalue weighted by Crippen LogP contribution is 2.53. The van der Waals surface area contributed by atoms with Gasteiger partial charge in [-0.2, -0.15) is 0 Å². The summed E-state index contributed by atoms with van der Waals surface area (Å²) in [6, 6.07) is 4.23. The molecular formula is C15H17N3OS. The van der Waals surface area contributed by atoms with Gasteiger partial charge in [0, 0.05) is 11.4 Å². The molecule has 4 rings (SSSR count). The molecule has 1 fully saturated rings. The molecule has 2 aromatic heterocycles. The fourth-order valence-corrected chi connectivity index (χ4v) is 4.02. The zero-order valence-corrected chi connectivity index (χ0v) is 12.1. The summed E-state index contributed by atoms with van der Waals surface area (Å²) in [5.41, 5.74) is 1.86. The van der Waals surface area contributed by atoms with Crippen LogP contribution in [0.1, 0.15) is 41.2 Å². The lowest BCUT2D eigenvalue weighted by Crippen LogP contribution is -2.26. The van der Waals surface area contributed by atoms with Gasteiger partial charge >= 0.3 is 0 Å². The topological polar surface area (TPSA) is 57.8 Å². The van der Waals surface area contributed by atoms with Gasteiger partial charge in [0.1, 0.15) is 5.82 Å². The summed E-state index contributed by atoms with van der Waals surface area (Å²) in [4.78, 5) is 21.6. The van der Waals surface area contributed by atoms with Crippen molar-refractivity contribution >= 4 is 11.3 Å². The number of H-pyrrole nitrogens is 1. The molecule has 0 radical (unpaired) electrons. The molecule has 3 heterocycles. The Hall–Kier alpha value is -1.46. The van der Waals surface area contributed by atoms with Crippen LogP contribution in [0.5, 0.6) is 0 Å². The Morgan fingerprint density at radius 3 is 3.00 bits per heavy atom. The molecule has 104 valence electrons. The summed E-state index contributed by atoms with van der Waals surface area (Å²) in [6.07, 6.45) is 4.13. The normalized spacial score (nSPS) is 20.2. The molecule has 5 heteroatoms. The molecule has 20 heavy (non-hydrogen) atoms. The Labute approximate surface area is 121 Å². The Bertz CT molecular complexity index is 686. The van der Waals surface area contributed by atoms with Crippen LogP contribution in [0.25, 0.3) is 0 Å². The molecule has 0 amide bonds. The number of aromatic nitrogens is 2. The SMILES string of the molecule is O=c1[nH]c(C2(c3cccs3)CC2)nc2c1CNCCC2. The first-order valence-electron chi connectivity index (χ1n) is 7.17. The zero-order valence-electron chi connectivity index (χ0n) is 11.2. The molecule has 0 unspecified atom stereocenters. The van der Waals surface area contributed by atoms with Gasteiger partial charge in [0.25, 0.3) is 5.56 Å². The second kappa shape index (κ2) is 4.53. The highest BCUT2D eigenvalue weighted by atomic mass is 32.1. The van der Waals surface area contributed by atoms with E-state index in [1.165, 1.54) is 4.88 Å². The Morgan fingerprint density at radius 1 is 1.35 bits per heavy atom. The Morgan fingerprint density at radius 2 is 2.25 bits per heavy atom. The molecule has 0 aromatic carbocycles. The smallest absolute Gasteiger partial charge is 0.255 e. The molecule has 1 aliphatic heterocycles.